The van der Waals surface area contributed by atoms with Crippen molar-refractivity contribution >= 4 is 33.6 Å². The molecule has 0 fully saturated rings. The van der Waals surface area contributed by atoms with E-state index in [4.69, 9.17) is 9.47 Å². The van der Waals surface area contributed by atoms with Crippen molar-refractivity contribution in [2.75, 3.05) is 24.7 Å². The second-order valence-electron chi connectivity index (χ2n) is 6.45. The zero-order valence-corrected chi connectivity index (χ0v) is 17.2. The number of aromatic nitrogens is 1. The van der Waals surface area contributed by atoms with Gasteiger partial charge in [-0.15, -0.1) is 0 Å². The summed E-state index contributed by atoms with van der Waals surface area (Å²) in [6, 6.07) is 17.3. The Morgan fingerprint density at radius 1 is 1.03 bits per heavy atom. The zero-order chi connectivity index (χ0) is 20.1. The number of amides is 1. The molecule has 3 aromatic rings. The van der Waals surface area contributed by atoms with Gasteiger partial charge < -0.3 is 14.4 Å². The van der Waals surface area contributed by atoms with Crippen LogP contribution in [0.15, 0.2) is 77.5 Å². The van der Waals surface area contributed by atoms with E-state index >= 15 is 0 Å². The van der Waals surface area contributed by atoms with Gasteiger partial charge in [0.1, 0.15) is 13.2 Å². The highest BCUT2D eigenvalue weighted by atomic mass is 79.9. The predicted octanol–water partition coefficient (Wildman–Crippen LogP) is 4.98. The molecule has 1 aromatic heterocycles. The molecular formula is C23H19BrN2O3. The number of anilines is 1. The molecule has 5 nitrogen and oxygen atoms in total. The summed E-state index contributed by atoms with van der Waals surface area (Å²) in [5.41, 5.74) is 2.31. The van der Waals surface area contributed by atoms with Crippen LogP contribution in [0.4, 0.5) is 5.69 Å². The Kier molecular flexibility index (Phi) is 5.91. The first-order chi connectivity index (χ1) is 14.2. The van der Waals surface area contributed by atoms with Crippen molar-refractivity contribution in [1.82, 2.24) is 4.98 Å². The SMILES string of the molecule is O=C(c1cncc(Br)c1)N(CC=Cc1ccccc1)c1ccc2c(c1)OCCO2. The summed E-state index contributed by atoms with van der Waals surface area (Å²) in [5.74, 6) is 1.19. The van der Waals surface area contributed by atoms with E-state index in [2.05, 4.69) is 20.9 Å². The van der Waals surface area contributed by atoms with Gasteiger partial charge in [-0.3, -0.25) is 9.78 Å². The minimum Gasteiger partial charge on any atom is -0.486 e. The summed E-state index contributed by atoms with van der Waals surface area (Å²) in [4.78, 5) is 19.1. The Hall–Kier alpha value is -3.12. The molecule has 2 aromatic carbocycles. The molecular weight excluding hydrogens is 432 g/mol. The summed E-state index contributed by atoms with van der Waals surface area (Å²) in [6.07, 6.45) is 7.19. The van der Waals surface area contributed by atoms with Crippen LogP contribution in [0.25, 0.3) is 6.08 Å². The minimum absolute atomic E-state index is 0.145. The summed E-state index contributed by atoms with van der Waals surface area (Å²) < 4.78 is 12.0. The third-order valence-corrected chi connectivity index (χ3v) is 4.87. The summed E-state index contributed by atoms with van der Waals surface area (Å²) in [7, 11) is 0. The van der Waals surface area contributed by atoms with Gasteiger partial charge in [0.25, 0.3) is 5.91 Å². The summed E-state index contributed by atoms with van der Waals surface area (Å²) >= 11 is 3.38. The minimum atomic E-state index is -0.145. The number of rotatable bonds is 5. The predicted molar refractivity (Wildman–Crippen MR) is 117 cm³/mol. The van der Waals surface area contributed by atoms with Gasteiger partial charge in [-0.1, -0.05) is 42.5 Å². The molecule has 0 aliphatic carbocycles. The van der Waals surface area contributed by atoms with E-state index in [1.807, 2.05) is 60.7 Å². The lowest BCUT2D eigenvalue weighted by Crippen LogP contribution is -2.31. The highest BCUT2D eigenvalue weighted by Gasteiger charge is 2.20. The summed E-state index contributed by atoms with van der Waals surface area (Å²) in [6.45, 7) is 1.42. The Bertz CT molecular complexity index is 1040. The van der Waals surface area contributed by atoms with E-state index in [9.17, 15) is 4.79 Å². The van der Waals surface area contributed by atoms with Crippen LogP contribution in [0.5, 0.6) is 11.5 Å². The Balaban J connectivity index is 1.65. The fraction of sp³-hybridized carbons (Fsp3) is 0.130. The highest BCUT2D eigenvalue weighted by molar-refractivity contribution is 9.10. The maximum absolute atomic E-state index is 13.3. The molecule has 2 heterocycles. The molecule has 0 N–H and O–H groups in total. The van der Waals surface area contributed by atoms with Gasteiger partial charge in [0.15, 0.2) is 11.5 Å². The number of fused-ring (bicyclic) bond motifs is 1. The quantitative estimate of drug-likeness (QED) is 0.550. The average molecular weight is 451 g/mol. The maximum atomic E-state index is 13.3. The van der Waals surface area contributed by atoms with Crippen LogP contribution < -0.4 is 14.4 Å². The van der Waals surface area contributed by atoms with Gasteiger partial charge in [-0.25, -0.2) is 0 Å². The van der Waals surface area contributed by atoms with Crippen molar-refractivity contribution in [3.05, 3.63) is 88.7 Å². The standard InChI is InChI=1S/C23H19BrN2O3/c24-19-13-18(15-25-16-19)23(27)26(10-4-7-17-5-2-1-3-6-17)20-8-9-21-22(14-20)29-12-11-28-21/h1-9,13-16H,10-12H2. The van der Waals surface area contributed by atoms with Gasteiger partial charge >= 0.3 is 0 Å². The Morgan fingerprint density at radius 2 is 1.83 bits per heavy atom. The smallest absolute Gasteiger partial charge is 0.260 e. The van der Waals surface area contributed by atoms with Gasteiger partial charge in [0.05, 0.1) is 5.56 Å². The third-order valence-electron chi connectivity index (χ3n) is 4.43. The first-order valence-electron chi connectivity index (χ1n) is 9.24. The highest BCUT2D eigenvalue weighted by Crippen LogP contribution is 2.34. The number of ether oxygens (including phenoxy) is 2. The van der Waals surface area contributed by atoms with Crippen LogP contribution in [-0.2, 0) is 0 Å². The van der Waals surface area contributed by atoms with Crippen molar-refractivity contribution in [1.29, 1.82) is 0 Å². The topological polar surface area (TPSA) is 51.7 Å². The van der Waals surface area contributed by atoms with Gasteiger partial charge in [0, 0.05) is 35.2 Å². The molecule has 0 bridgehead atoms. The number of carbonyl (C=O) groups excluding carboxylic acids is 1. The monoisotopic (exact) mass is 450 g/mol. The molecule has 6 heteroatoms. The average Bonchev–Trinajstić information content (AvgIpc) is 2.77. The van der Waals surface area contributed by atoms with E-state index in [-0.39, 0.29) is 5.91 Å². The molecule has 1 amide bonds. The molecule has 0 radical (unpaired) electrons. The van der Waals surface area contributed by atoms with E-state index in [0.29, 0.717) is 36.8 Å². The largest absolute Gasteiger partial charge is 0.486 e. The van der Waals surface area contributed by atoms with E-state index in [0.717, 1.165) is 15.7 Å². The first kappa shape index (κ1) is 19.2. The first-order valence-corrected chi connectivity index (χ1v) is 10.0. The molecule has 146 valence electrons. The number of pyridine rings is 1. The molecule has 0 atom stereocenters. The van der Waals surface area contributed by atoms with Gasteiger partial charge in [-0.05, 0) is 39.7 Å². The molecule has 0 saturated carbocycles. The molecule has 1 aliphatic rings. The van der Waals surface area contributed by atoms with Gasteiger partial charge in [-0.2, -0.15) is 0 Å². The Labute approximate surface area is 177 Å². The van der Waals surface area contributed by atoms with E-state index in [1.165, 1.54) is 0 Å². The molecule has 0 unspecified atom stereocenters. The fourth-order valence-corrected chi connectivity index (χ4v) is 3.41. The fourth-order valence-electron chi connectivity index (χ4n) is 3.05. The molecule has 0 saturated heterocycles. The lowest BCUT2D eigenvalue weighted by molar-refractivity contribution is 0.0989. The van der Waals surface area contributed by atoms with E-state index in [1.54, 1.807) is 23.4 Å². The normalized spacial score (nSPS) is 12.7. The van der Waals surface area contributed by atoms with Crippen LogP contribution in [0.2, 0.25) is 0 Å². The second-order valence-corrected chi connectivity index (χ2v) is 7.36. The lowest BCUT2D eigenvalue weighted by atomic mass is 10.2. The number of halogens is 1. The van der Waals surface area contributed by atoms with Crippen molar-refractivity contribution in [2.24, 2.45) is 0 Å². The summed E-state index contributed by atoms with van der Waals surface area (Å²) in [5, 5.41) is 0. The number of benzene rings is 2. The van der Waals surface area contributed by atoms with Crippen molar-refractivity contribution < 1.29 is 14.3 Å². The number of hydrogen-bond donors (Lipinski definition) is 0. The van der Waals surface area contributed by atoms with Crippen molar-refractivity contribution in [2.45, 2.75) is 0 Å². The van der Waals surface area contributed by atoms with Crippen molar-refractivity contribution in [3.8, 4) is 11.5 Å². The Morgan fingerprint density at radius 3 is 2.62 bits per heavy atom. The van der Waals surface area contributed by atoms with Gasteiger partial charge in [0.2, 0.25) is 0 Å². The second kappa shape index (κ2) is 8.92. The van der Waals surface area contributed by atoms with Crippen LogP contribution in [0.1, 0.15) is 15.9 Å². The number of carbonyl (C=O) groups is 1. The third kappa shape index (κ3) is 4.66. The molecule has 0 spiro atoms. The lowest BCUT2D eigenvalue weighted by Gasteiger charge is -2.24. The number of hydrogen-bond acceptors (Lipinski definition) is 4. The van der Waals surface area contributed by atoms with Crippen LogP contribution in [0.3, 0.4) is 0 Å². The zero-order valence-electron chi connectivity index (χ0n) is 15.6. The maximum Gasteiger partial charge on any atom is 0.260 e. The van der Waals surface area contributed by atoms with Crippen LogP contribution in [0, 0.1) is 0 Å². The van der Waals surface area contributed by atoms with Crippen LogP contribution in [-0.4, -0.2) is 30.6 Å². The molecule has 29 heavy (non-hydrogen) atoms. The van der Waals surface area contributed by atoms with Crippen molar-refractivity contribution in [3.63, 3.8) is 0 Å². The van der Waals surface area contributed by atoms with E-state index < -0.39 is 0 Å². The number of nitrogens with zero attached hydrogens (tertiary/aromatic N) is 2. The van der Waals surface area contributed by atoms with Crippen LogP contribution >= 0.6 is 15.9 Å². The molecule has 1 aliphatic heterocycles. The molecule has 4 rings (SSSR count).